The van der Waals surface area contributed by atoms with E-state index in [9.17, 15) is 0 Å². The zero-order chi connectivity index (χ0) is 14.3. The molecular formula is C17H29NO. The number of hydrogen-bond donors (Lipinski definition) is 2. The largest absolute Gasteiger partial charge is 0.396 e. The molecular weight excluding hydrogens is 234 g/mol. The SMILES string of the molecule is CCC(C)c1ccc(CCNC(C)(C)CCO)cc1. The lowest BCUT2D eigenvalue weighted by Crippen LogP contribution is -2.41. The van der Waals surface area contributed by atoms with Gasteiger partial charge in [-0.15, -0.1) is 0 Å². The molecule has 0 spiro atoms. The summed E-state index contributed by atoms with van der Waals surface area (Å²) in [4.78, 5) is 0. The third-order valence-corrected chi connectivity index (χ3v) is 3.92. The Kier molecular flexibility index (Phi) is 6.53. The molecule has 19 heavy (non-hydrogen) atoms. The highest BCUT2D eigenvalue weighted by atomic mass is 16.3. The van der Waals surface area contributed by atoms with Gasteiger partial charge in [-0.3, -0.25) is 0 Å². The van der Waals surface area contributed by atoms with Crippen molar-refractivity contribution in [3.05, 3.63) is 35.4 Å². The molecule has 0 amide bonds. The Morgan fingerprint density at radius 3 is 2.37 bits per heavy atom. The van der Waals surface area contributed by atoms with Crippen LogP contribution < -0.4 is 5.32 Å². The summed E-state index contributed by atoms with van der Waals surface area (Å²) in [5, 5.41) is 12.5. The first-order valence-corrected chi connectivity index (χ1v) is 7.43. The predicted molar refractivity (Wildman–Crippen MR) is 82.6 cm³/mol. The van der Waals surface area contributed by atoms with Crippen molar-refractivity contribution in [2.75, 3.05) is 13.2 Å². The van der Waals surface area contributed by atoms with Gasteiger partial charge in [0.05, 0.1) is 0 Å². The number of nitrogens with one attached hydrogen (secondary N) is 1. The number of benzene rings is 1. The van der Waals surface area contributed by atoms with E-state index >= 15 is 0 Å². The van der Waals surface area contributed by atoms with E-state index in [2.05, 4.69) is 57.3 Å². The van der Waals surface area contributed by atoms with Crippen LogP contribution in [0.2, 0.25) is 0 Å². The van der Waals surface area contributed by atoms with Gasteiger partial charge in [-0.25, -0.2) is 0 Å². The zero-order valence-electron chi connectivity index (χ0n) is 12.9. The van der Waals surface area contributed by atoms with Crippen molar-refractivity contribution >= 4 is 0 Å². The predicted octanol–water partition coefficient (Wildman–Crippen LogP) is 3.49. The molecule has 0 aliphatic carbocycles. The van der Waals surface area contributed by atoms with E-state index < -0.39 is 0 Å². The molecule has 2 heteroatoms. The number of rotatable bonds is 8. The maximum Gasteiger partial charge on any atom is 0.0448 e. The Morgan fingerprint density at radius 2 is 1.84 bits per heavy atom. The molecule has 0 saturated heterocycles. The van der Waals surface area contributed by atoms with Crippen molar-refractivity contribution in [2.45, 2.75) is 58.4 Å². The molecule has 0 fully saturated rings. The normalized spacial score (nSPS) is 13.5. The monoisotopic (exact) mass is 263 g/mol. The summed E-state index contributed by atoms with van der Waals surface area (Å²) in [6, 6.07) is 8.98. The van der Waals surface area contributed by atoms with Crippen LogP contribution in [0.4, 0.5) is 0 Å². The van der Waals surface area contributed by atoms with E-state index in [1.165, 1.54) is 17.5 Å². The fraction of sp³-hybridized carbons (Fsp3) is 0.647. The minimum absolute atomic E-state index is 0.0193. The van der Waals surface area contributed by atoms with Gasteiger partial charge in [0.15, 0.2) is 0 Å². The first-order valence-electron chi connectivity index (χ1n) is 7.43. The van der Waals surface area contributed by atoms with Crippen LogP contribution in [-0.2, 0) is 6.42 Å². The highest BCUT2D eigenvalue weighted by Gasteiger charge is 2.15. The molecule has 0 bridgehead atoms. The summed E-state index contributed by atoms with van der Waals surface area (Å²) in [6.07, 6.45) is 3.02. The van der Waals surface area contributed by atoms with Gasteiger partial charge in [0.1, 0.15) is 0 Å². The minimum atomic E-state index is 0.0193. The van der Waals surface area contributed by atoms with E-state index in [-0.39, 0.29) is 12.1 Å². The Balaban J connectivity index is 2.42. The van der Waals surface area contributed by atoms with Crippen molar-refractivity contribution in [1.82, 2.24) is 5.32 Å². The average molecular weight is 263 g/mol. The Morgan fingerprint density at radius 1 is 1.21 bits per heavy atom. The third kappa shape index (κ3) is 5.75. The summed E-state index contributed by atoms with van der Waals surface area (Å²) in [5.74, 6) is 0.649. The van der Waals surface area contributed by atoms with Gasteiger partial charge >= 0.3 is 0 Å². The van der Waals surface area contributed by atoms with Gasteiger partial charge in [-0.05, 0) is 56.7 Å². The molecule has 108 valence electrons. The number of aliphatic hydroxyl groups excluding tert-OH is 1. The highest BCUT2D eigenvalue weighted by molar-refractivity contribution is 5.25. The molecule has 2 N–H and O–H groups in total. The molecule has 1 rings (SSSR count). The summed E-state index contributed by atoms with van der Waals surface area (Å²) < 4.78 is 0. The van der Waals surface area contributed by atoms with Crippen LogP contribution in [0.15, 0.2) is 24.3 Å². The minimum Gasteiger partial charge on any atom is -0.396 e. The maximum atomic E-state index is 8.98. The summed E-state index contributed by atoms with van der Waals surface area (Å²) in [6.45, 7) is 9.96. The van der Waals surface area contributed by atoms with Gasteiger partial charge in [0, 0.05) is 12.1 Å². The molecule has 1 aromatic carbocycles. The molecule has 1 unspecified atom stereocenters. The summed E-state index contributed by atoms with van der Waals surface area (Å²) in [5.41, 5.74) is 2.82. The lowest BCUT2D eigenvalue weighted by Gasteiger charge is -2.25. The standard InChI is InChI=1S/C17H29NO/c1-5-14(2)16-8-6-15(7-9-16)10-12-18-17(3,4)11-13-19/h6-9,14,18-19H,5,10-13H2,1-4H3. The van der Waals surface area contributed by atoms with Gasteiger partial charge in [0.2, 0.25) is 0 Å². The second kappa shape index (κ2) is 7.66. The molecule has 0 heterocycles. The van der Waals surface area contributed by atoms with E-state index in [0.29, 0.717) is 5.92 Å². The lowest BCUT2D eigenvalue weighted by molar-refractivity contribution is 0.231. The van der Waals surface area contributed by atoms with Crippen molar-refractivity contribution < 1.29 is 5.11 Å². The number of hydrogen-bond acceptors (Lipinski definition) is 2. The molecule has 1 aromatic rings. The van der Waals surface area contributed by atoms with Gasteiger partial charge < -0.3 is 10.4 Å². The summed E-state index contributed by atoms with van der Waals surface area (Å²) >= 11 is 0. The van der Waals surface area contributed by atoms with Crippen molar-refractivity contribution in [3.8, 4) is 0 Å². The van der Waals surface area contributed by atoms with Crippen LogP contribution >= 0.6 is 0 Å². The molecule has 1 atom stereocenters. The van der Waals surface area contributed by atoms with Gasteiger partial charge in [-0.1, -0.05) is 38.1 Å². The second-order valence-corrected chi connectivity index (χ2v) is 6.09. The Bertz CT molecular complexity index is 356. The topological polar surface area (TPSA) is 32.3 Å². The van der Waals surface area contributed by atoms with Gasteiger partial charge in [0.25, 0.3) is 0 Å². The maximum absolute atomic E-state index is 8.98. The van der Waals surface area contributed by atoms with E-state index in [1.807, 2.05) is 0 Å². The molecule has 0 saturated carbocycles. The van der Waals surface area contributed by atoms with Gasteiger partial charge in [-0.2, -0.15) is 0 Å². The van der Waals surface area contributed by atoms with Crippen molar-refractivity contribution in [1.29, 1.82) is 0 Å². The quantitative estimate of drug-likeness (QED) is 0.752. The Labute approximate surface area is 118 Å². The first-order chi connectivity index (χ1) is 8.98. The van der Waals surface area contributed by atoms with E-state index in [1.54, 1.807) is 0 Å². The molecule has 0 aromatic heterocycles. The summed E-state index contributed by atoms with van der Waals surface area (Å²) in [7, 11) is 0. The lowest BCUT2D eigenvalue weighted by atomic mass is 9.97. The average Bonchev–Trinajstić information content (AvgIpc) is 2.38. The molecule has 0 aliphatic heterocycles. The van der Waals surface area contributed by atoms with Crippen LogP contribution in [0.25, 0.3) is 0 Å². The second-order valence-electron chi connectivity index (χ2n) is 6.09. The zero-order valence-corrected chi connectivity index (χ0v) is 12.9. The Hall–Kier alpha value is -0.860. The van der Waals surface area contributed by atoms with Crippen LogP contribution in [-0.4, -0.2) is 23.8 Å². The fourth-order valence-electron chi connectivity index (χ4n) is 2.16. The van der Waals surface area contributed by atoms with Crippen LogP contribution in [0, 0.1) is 0 Å². The third-order valence-electron chi connectivity index (χ3n) is 3.92. The molecule has 0 radical (unpaired) electrons. The van der Waals surface area contributed by atoms with Crippen molar-refractivity contribution in [3.63, 3.8) is 0 Å². The smallest absolute Gasteiger partial charge is 0.0448 e. The fourth-order valence-corrected chi connectivity index (χ4v) is 2.16. The number of aliphatic hydroxyl groups is 1. The van der Waals surface area contributed by atoms with Crippen LogP contribution in [0.1, 0.15) is 57.6 Å². The van der Waals surface area contributed by atoms with E-state index in [4.69, 9.17) is 5.11 Å². The molecule has 0 aliphatic rings. The van der Waals surface area contributed by atoms with Crippen molar-refractivity contribution in [2.24, 2.45) is 0 Å². The first kappa shape index (κ1) is 16.2. The van der Waals surface area contributed by atoms with Crippen LogP contribution in [0.5, 0.6) is 0 Å². The molecule has 2 nitrogen and oxygen atoms in total. The van der Waals surface area contributed by atoms with E-state index in [0.717, 1.165) is 19.4 Å². The van der Waals surface area contributed by atoms with Crippen LogP contribution in [0.3, 0.4) is 0 Å². The highest BCUT2D eigenvalue weighted by Crippen LogP contribution is 2.19.